The molecule has 2 unspecified atom stereocenters. The van der Waals surface area contributed by atoms with Crippen LogP contribution < -0.4 is 11.1 Å². The average Bonchev–Trinajstić information content (AvgIpc) is 2.26. The van der Waals surface area contributed by atoms with Crippen LogP contribution >= 0.6 is 0 Å². The monoisotopic (exact) mass is 271 g/mol. The summed E-state index contributed by atoms with van der Waals surface area (Å²) in [5.41, 5.74) is 5.07. The molecule has 0 aliphatic heterocycles. The fourth-order valence-electron chi connectivity index (χ4n) is 1.96. The number of nitrogens with zero attached hydrogens (tertiary/aromatic N) is 1. The van der Waals surface area contributed by atoms with Gasteiger partial charge in [0.05, 0.1) is 5.54 Å². The van der Waals surface area contributed by atoms with Crippen LogP contribution in [0.25, 0.3) is 0 Å². The Labute approximate surface area is 116 Å². The summed E-state index contributed by atoms with van der Waals surface area (Å²) in [6, 6.07) is -0.498. The molecule has 0 aromatic carbocycles. The third kappa shape index (κ3) is 6.05. The van der Waals surface area contributed by atoms with Gasteiger partial charge in [0.1, 0.15) is 6.04 Å². The van der Waals surface area contributed by atoms with Crippen LogP contribution in [-0.4, -0.2) is 42.4 Å². The number of hydrogen-bond acceptors (Lipinski definition) is 3. The summed E-state index contributed by atoms with van der Waals surface area (Å²) in [4.78, 5) is 25.7. The standard InChI is InChI=1S/C14H29N3O2/c1-7-8-14(4,15)13(19)16-11(9-10(2)3)12(18)17(5)6/h10-11H,7-9,15H2,1-6H3,(H,16,19). The number of carbonyl (C=O) groups excluding carboxylic acids is 2. The van der Waals surface area contributed by atoms with Crippen molar-refractivity contribution in [3.05, 3.63) is 0 Å². The van der Waals surface area contributed by atoms with Crippen LogP contribution in [0.2, 0.25) is 0 Å². The van der Waals surface area contributed by atoms with Crippen LogP contribution in [0.1, 0.15) is 47.0 Å². The Hall–Kier alpha value is -1.10. The molecule has 0 saturated heterocycles. The Morgan fingerprint density at radius 2 is 1.84 bits per heavy atom. The first kappa shape index (κ1) is 17.9. The lowest BCUT2D eigenvalue weighted by atomic mass is 9.95. The molecule has 112 valence electrons. The van der Waals surface area contributed by atoms with Crippen molar-refractivity contribution in [1.29, 1.82) is 0 Å². The summed E-state index contributed by atoms with van der Waals surface area (Å²) < 4.78 is 0. The molecule has 0 rings (SSSR count). The number of hydrogen-bond donors (Lipinski definition) is 2. The van der Waals surface area contributed by atoms with Crippen LogP contribution in [0, 0.1) is 5.92 Å². The van der Waals surface area contributed by atoms with Crippen molar-refractivity contribution in [2.24, 2.45) is 11.7 Å². The van der Waals surface area contributed by atoms with Crippen LogP contribution in [0.15, 0.2) is 0 Å². The zero-order chi connectivity index (χ0) is 15.2. The van der Waals surface area contributed by atoms with E-state index in [0.717, 1.165) is 6.42 Å². The average molecular weight is 271 g/mol. The Morgan fingerprint density at radius 3 is 2.21 bits per heavy atom. The molecule has 0 aromatic heterocycles. The van der Waals surface area contributed by atoms with Crippen molar-refractivity contribution in [2.45, 2.75) is 58.5 Å². The van der Waals surface area contributed by atoms with Gasteiger partial charge in [-0.2, -0.15) is 0 Å². The van der Waals surface area contributed by atoms with Gasteiger partial charge in [0.25, 0.3) is 0 Å². The van der Waals surface area contributed by atoms with Gasteiger partial charge < -0.3 is 16.0 Å². The Kier molecular flexibility index (Phi) is 7.05. The minimum atomic E-state index is -0.920. The van der Waals surface area contributed by atoms with Crippen molar-refractivity contribution in [3.63, 3.8) is 0 Å². The fourth-order valence-corrected chi connectivity index (χ4v) is 1.96. The highest BCUT2D eigenvalue weighted by atomic mass is 16.2. The van der Waals surface area contributed by atoms with Crippen LogP contribution in [-0.2, 0) is 9.59 Å². The normalized spacial score (nSPS) is 15.8. The second-order valence-corrected chi connectivity index (χ2v) is 6.06. The molecular formula is C14H29N3O2. The number of nitrogens with two attached hydrogens (primary N) is 1. The van der Waals surface area contributed by atoms with Crippen LogP contribution in [0.4, 0.5) is 0 Å². The maximum Gasteiger partial charge on any atom is 0.244 e. The molecular weight excluding hydrogens is 242 g/mol. The smallest absolute Gasteiger partial charge is 0.244 e. The molecule has 0 aromatic rings. The molecule has 0 fully saturated rings. The molecule has 0 spiro atoms. The zero-order valence-corrected chi connectivity index (χ0v) is 13.1. The van der Waals surface area contributed by atoms with E-state index in [1.54, 1.807) is 21.0 Å². The molecule has 19 heavy (non-hydrogen) atoms. The Balaban J connectivity index is 4.82. The van der Waals surface area contributed by atoms with E-state index in [1.165, 1.54) is 4.90 Å². The molecule has 2 amide bonds. The van der Waals surface area contributed by atoms with Gasteiger partial charge in [-0.05, 0) is 25.7 Å². The van der Waals surface area contributed by atoms with Gasteiger partial charge in [0.2, 0.25) is 11.8 Å². The van der Waals surface area contributed by atoms with Crippen molar-refractivity contribution in [2.75, 3.05) is 14.1 Å². The zero-order valence-electron chi connectivity index (χ0n) is 13.1. The maximum absolute atomic E-state index is 12.2. The number of likely N-dealkylation sites (N-methyl/N-ethyl adjacent to an activating group) is 1. The molecule has 0 saturated carbocycles. The minimum Gasteiger partial charge on any atom is -0.347 e. The highest BCUT2D eigenvalue weighted by molar-refractivity contribution is 5.91. The van der Waals surface area contributed by atoms with Gasteiger partial charge >= 0.3 is 0 Å². The van der Waals surface area contributed by atoms with E-state index in [0.29, 0.717) is 18.8 Å². The second kappa shape index (κ2) is 7.48. The summed E-state index contributed by atoms with van der Waals surface area (Å²) in [5.74, 6) is -0.0195. The predicted molar refractivity (Wildman–Crippen MR) is 77.6 cm³/mol. The third-order valence-electron chi connectivity index (χ3n) is 3.04. The first-order chi connectivity index (χ1) is 8.61. The molecule has 0 heterocycles. The minimum absolute atomic E-state index is 0.0886. The van der Waals surface area contributed by atoms with Gasteiger partial charge in [0, 0.05) is 14.1 Å². The van der Waals surface area contributed by atoms with Gasteiger partial charge in [-0.25, -0.2) is 0 Å². The maximum atomic E-state index is 12.2. The van der Waals surface area contributed by atoms with Crippen molar-refractivity contribution >= 4 is 11.8 Å². The molecule has 0 bridgehead atoms. The van der Waals surface area contributed by atoms with E-state index < -0.39 is 11.6 Å². The van der Waals surface area contributed by atoms with Gasteiger partial charge in [0.15, 0.2) is 0 Å². The highest BCUT2D eigenvalue weighted by Gasteiger charge is 2.31. The lowest BCUT2D eigenvalue weighted by Gasteiger charge is -2.28. The fraction of sp³-hybridized carbons (Fsp3) is 0.857. The molecule has 0 aliphatic carbocycles. The first-order valence-corrected chi connectivity index (χ1v) is 6.92. The number of rotatable bonds is 7. The first-order valence-electron chi connectivity index (χ1n) is 6.92. The Morgan fingerprint density at radius 1 is 1.32 bits per heavy atom. The quantitative estimate of drug-likeness (QED) is 0.728. The van der Waals surface area contributed by atoms with Crippen LogP contribution in [0.5, 0.6) is 0 Å². The van der Waals surface area contributed by atoms with Crippen LogP contribution in [0.3, 0.4) is 0 Å². The number of amides is 2. The lowest BCUT2D eigenvalue weighted by Crippen LogP contribution is -2.57. The summed E-state index contributed by atoms with van der Waals surface area (Å²) in [7, 11) is 3.38. The van der Waals surface area contributed by atoms with Crippen molar-refractivity contribution in [3.8, 4) is 0 Å². The summed E-state index contributed by atoms with van der Waals surface area (Å²) in [6.45, 7) is 7.74. The molecule has 2 atom stereocenters. The molecule has 0 radical (unpaired) electrons. The van der Waals surface area contributed by atoms with Crippen molar-refractivity contribution in [1.82, 2.24) is 10.2 Å². The summed E-state index contributed by atoms with van der Waals surface area (Å²) in [5, 5.41) is 2.80. The second-order valence-electron chi connectivity index (χ2n) is 6.06. The number of nitrogens with one attached hydrogen (secondary N) is 1. The van der Waals surface area contributed by atoms with Crippen molar-refractivity contribution < 1.29 is 9.59 Å². The van der Waals surface area contributed by atoms with E-state index in [-0.39, 0.29) is 11.8 Å². The van der Waals surface area contributed by atoms with E-state index in [2.05, 4.69) is 5.32 Å². The van der Waals surface area contributed by atoms with Gasteiger partial charge in [-0.3, -0.25) is 9.59 Å². The summed E-state index contributed by atoms with van der Waals surface area (Å²) in [6.07, 6.45) is 2.05. The third-order valence-corrected chi connectivity index (χ3v) is 3.04. The Bertz CT molecular complexity index is 312. The van der Waals surface area contributed by atoms with E-state index in [1.807, 2.05) is 20.8 Å². The van der Waals surface area contributed by atoms with Gasteiger partial charge in [-0.1, -0.05) is 27.2 Å². The van der Waals surface area contributed by atoms with E-state index in [4.69, 9.17) is 5.73 Å². The molecule has 0 aliphatic rings. The van der Waals surface area contributed by atoms with E-state index in [9.17, 15) is 9.59 Å². The molecule has 5 heteroatoms. The largest absolute Gasteiger partial charge is 0.347 e. The highest BCUT2D eigenvalue weighted by Crippen LogP contribution is 2.12. The lowest BCUT2D eigenvalue weighted by molar-refractivity contribution is -0.136. The molecule has 3 N–H and O–H groups in total. The topological polar surface area (TPSA) is 75.4 Å². The number of carbonyl (C=O) groups is 2. The predicted octanol–water partition coefficient (Wildman–Crippen LogP) is 1.12. The molecule has 5 nitrogen and oxygen atoms in total. The SMILES string of the molecule is CCCC(C)(N)C(=O)NC(CC(C)C)C(=O)N(C)C. The van der Waals surface area contributed by atoms with E-state index >= 15 is 0 Å². The summed E-state index contributed by atoms with van der Waals surface area (Å²) >= 11 is 0. The van der Waals surface area contributed by atoms with Gasteiger partial charge in [-0.15, -0.1) is 0 Å².